The molecule has 0 radical (unpaired) electrons. The Morgan fingerprint density at radius 2 is 1.90 bits per heavy atom. The average molecular weight is 275 g/mol. The molecule has 2 aliphatic rings. The van der Waals surface area contributed by atoms with Crippen LogP contribution >= 0.6 is 0 Å². The van der Waals surface area contributed by atoms with Crippen LogP contribution in [0.1, 0.15) is 31.2 Å². The first kappa shape index (κ1) is 14.1. The molecule has 3 heteroatoms. The standard InChI is InChI=1S/C17H25NO2/c1-15(16-5-3-2-4-6-16)7-9-18-10-12-20-14-17(18)8-11-19-13-17/h2-6,15H,7-14H2,1H3/t15-,17+/m0/s1. The number of ether oxygens (including phenoxy) is 2. The number of hydrogen-bond acceptors (Lipinski definition) is 3. The van der Waals surface area contributed by atoms with Crippen molar-refractivity contribution in [3.8, 4) is 0 Å². The first-order valence-electron chi connectivity index (χ1n) is 7.76. The zero-order valence-electron chi connectivity index (χ0n) is 12.4. The van der Waals surface area contributed by atoms with E-state index >= 15 is 0 Å². The van der Waals surface area contributed by atoms with Crippen molar-refractivity contribution in [1.82, 2.24) is 4.90 Å². The van der Waals surface area contributed by atoms with E-state index in [2.05, 4.69) is 42.2 Å². The molecule has 0 saturated carbocycles. The van der Waals surface area contributed by atoms with E-state index in [0.717, 1.165) is 45.9 Å². The molecule has 2 fully saturated rings. The third kappa shape index (κ3) is 2.90. The Balaban J connectivity index is 1.59. The highest BCUT2D eigenvalue weighted by Gasteiger charge is 2.42. The third-order valence-electron chi connectivity index (χ3n) is 4.83. The molecule has 20 heavy (non-hydrogen) atoms. The van der Waals surface area contributed by atoms with Gasteiger partial charge in [-0.15, -0.1) is 0 Å². The molecule has 0 N–H and O–H groups in total. The minimum Gasteiger partial charge on any atom is -0.379 e. The summed E-state index contributed by atoms with van der Waals surface area (Å²) >= 11 is 0. The maximum Gasteiger partial charge on any atom is 0.0701 e. The highest BCUT2D eigenvalue weighted by molar-refractivity contribution is 5.18. The smallest absolute Gasteiger partial charge is 0.0701 e. The van der Waals surface area contributed by atoms with Gasteiger partial charge in [0.1, 0.15) is 0 Å². The van der Waals surface area contributed by atoms with Crippen LogP contribution in [0.3, 0.4) is 0 Å². The van der Waals surface area contributed by atoms with Crippen molar-refractivity contribution in [2.75, 3.05) is 39.5 Å². The fourth-order valence-corrected chi connectivity index (χ4v) is 3.37. The molecule has 110 valence electrons. The van der Waals surface area contributed by atoms with Crippen LogP contribution in [0.15, 0.2) is 30.3 Å². The van der Waals surface area contributed by atoms with Crippen LogP contribution in [-0.2, 0) is 9.47 Å². The van der Waals surface area contributed by atoms with Crippen molar-refractivity contribution in [2.45, 2.75) is 31.2 Å². The van der Waals surface area contributed by atoms with Gasteiger partial charge in [0.05, 0.1) is 25.4 Å². The molecule has 3 nitrogen and oxygen atoms in total. The zero-order chi connectivity index (χ0) is 13.8. The molecular weight excluding hydrogens is 250 g/mol. The minimum absolute atomic E-state index is 0.161. The first-order valence-corrected chi connectivity index (χ1v) is 7.76. The SMILES string of the molecule is C[C@@H](CCN1CCOC[C@]12CCOC2)c1ccccc1. The third-order valence-corrected chi connectivity index (χ3v) is 4.83. The van der Waals surface area contributed by atoms with Gasteiger partial charge in [-0.05, 0) is 30.9 Å². The molecule has 2 atom stereocenters. The quantitative estimate of drug-likeness (QED) is 0.843. The second kappa shape index (κ2) is 6.25. The molecule has 1 aromatic rings. The van der Waals surface area contributed by atoms with Gasteiger partial charge < -0.3 is 9.47 Å². The summed E-state index contributed by atoms with van der Waals surface area (Å²) in [6, 6.07) is 10.8. The maximum atomic E-state index is 5.71. The summed E-state index contributed by atoms with van der Waals surface area (Å²) in [7, 11) is 0. The van der Waals surface area contributed by atoms with Crippen molar-refractivity contribution in [3.05, 3.63) is 35.9 Å². The molecule has 1 aromatic carbocycles. The van der Waals surface area contributed by atoms with Gasteiger partial charge in [0.15, 0.2) is 0 Å². The van der Waals surface area contributed by atoms with Crippen molar-refractivity contribution in [1.29, 1.82) is 0 Å². The van der Waals surface area contributed by atoms with E-state index in [1.54, 1.807) is 0 Å². The average Bonchev–Trinajstić information content (AvgIpc) is 2.96. The van der Waals surface area contributed by atoms with Gasteiger partial charge >= 0.3 is 0 Å². The molecule has 1 spiro atoms. The topological polar surface area (TPSA) is 21.7 Å². The molecule has 0 bridgehead atoms. The second-order valence-electron chi connectivity index (χ2n) is 6.17. The van der Waals surface area contributed by atoms with E-state index < -0.39 is 0 Å². The van der Waals surface area contributed by atoms with Crippen LogP contribution in [-0.4, -0.2) is 50.0 Å². The van der Waals surface area contributed by atoms with Crippen LogP contribution in [0.5, 0.6) is 0 Å². The predicted molar refractivity (Wildman–Crippen MR) is 80.0 cm³/mol. The second-order valence-corrected chi connectivity index (χ2v) is 6.17. The van der Waals surface area contributed by atoms with Crippen LogP contribution < -0.4 is 0 Å². The minimum atomic E-state index is 0.161. The van der Waals surface area contributed by atoms with Gasteiger partial charge in [-0.3, -0.25) is 4.90 Å². The van der Waals surface area contributed by atoms with E-state index in [4.69, 9.17) is 9.47 Å². The Morgan fingerprint density at radius 1 is 1.15 bits per heavy atom. The maximum absolute atomic E-state index is 5.71. The Bertz CT molecular complexity index is 414. The van der Waals surface area contributed by atoms with Crippen LogP contribution in [0, 0.1) is 0 Å². The monoisotopic (exact) mass is 275 g/mol. The number of hydrogen-bond donors (Lipinski definition) is 0. The normalized spacial score (nSPS) is 28.9. The lowest BCUT2D eigenvalue weighted by Gasteiger charge is -2.44. The van der Waals surface area contributed by atoms with Crippen molar-refractivity contribution in [2.24, 2.45) is 0 Å². The summed E-state index contributed by atoms with van der Waals surface area (Å²) in [6.07, 6.45) is 2.32. The van der Waals surface area contributed by atoms with Crippen molar-refractivity contribution in [3.63, 3.8) is 0 Å². The van der Waals surface area contributed by atoms with Gasteiger partial charge in [0.2, 0.25) is 0 Å². The summed E-state index contributed by atoms with van der Waals surface area (Å²) in [5.41, 5.74) is 1.60. The highest BCUT2D eigenvalue weighted by Crippen LogP contribution is 2.30. The molecule has 0 aromatic heterocycles. The lowest BCUT2D eigenvalue weighted by Crippen LogP contribution is -2.57. The van der Waals surface area contributed by atoms with Crippen molar-refractivity contribution >= 4 is 0 Å². The Morgan fingerprint density at radius 3 is 2.65 bits per heavy atom. The van der Waals surface area contributed by atoms with E-state index in [9.17, 15) is 0 Å². The summed E-state index contributed by atoms with van der Waals surface area (Å²) < 4.78 is 11.3. The molecule has 2 heterocycles. The number of morpholine rings is 1. The van der Waals surface area contributed by atoms with Gasteiger partial charge in [0, 0.05) is 13.2 Å². The molecule has 3 rings (SSSR count). The van der Waals surface area contributed by atoms with E-state index in [-0.39, 0.29) is 5.54 Å². The van der Waals surface area contributed by atoms with Crippen LogP contribution in [0.25, 0.3) is 0 Å². The van der Waals surface area contributed by atoms with Gasteiger partial charge in [-0.2, -0.15) is 0 Å². The van der Waals surface area contributed by atoms with Crippen molar-refractivity contribution < 1.29 is 9.47 Å². The number of rotatable bonds is 4. The van der Waals surface area contributed by atoms with Crippen LogP contribution in [0.4, 0.5) is 0 Å². The predicted octanol–water partition coefficient (Wildman–Crippen LogP) is 2.67. The summed E-state index contributed by atoms with van der Waals surface area (Å²) in [5, 5.41) is 0. The van der Waals surface area contributed by atoms with Gasteiger partial charge in [0.25, 0.3) is 0 Å². The van der Waals surface area contributed by atoms with E-state index in [1.165, 1.54) is 12.0 Å². The largest absolute Gasteiger partial charge is 0.379 e. The molecular formula is C17H25NO2. The number of benzene rings is 1. The summed E-state index contributed by atoms with van der Waals surface area (Å²) in [6.45, 7) is 7.94. The van der Waals surface area contributed by atoms with Crippen LogP contribution in [0.2, 0.25) is 0 Å². The Hall–Kier alpha value is -0.900. The molecule has 2 saturated heterocycles. The molecule has 2 aliphatic heterocycles. The highest BCUT2D eigenvalue weighted by atomic mass is 16.5. The lowest BCUT2D eigenvalue weighted by atomic mass is 9.93. The zero-order valence-corrected chi connectivity index (χ0v) is 12.4. The fourth-order valence-electron chi connectivity index (χ4n) is 3.37. The van der Waals surface area contributed by atoms with Gasteiger partial charge in [-0.1, -0.05) is 37.3 Å². The molecule has 0 aliphatic carbocycles. The first-order chi connectivity index (χ1) is 9.80. The summed E-state index contributed by atoms with van der Waals surface area (Å²) in [4.78, 5) is 2.61. The number of nitrogens with zero attached hydrogens (tertiary/aromatic N) is 1. The lowest BCUT2D eigenvalue weighted by molar-refractivity contribution is -0.0713. The fraction of sp³-hybridized carbons (Fsp3) is 0.647. The van der Waals surface area contributed by atoms with E-state index in [1.807, 2.05) is 0 Å². The Kier molecular flexibility index (Phi) is 4.39. The molecule has 0 unspecified atom stereocenters. The molecule has 0 amide bonds. The van der Waals surface area contributed by atoms with Gasteiger partial charge in [-0.25, -0.2) is 0 Å². The summed E-state index contributed by atoms with van der Waals surface area (Å²) in [5.74, 6) is 0.610. The van der Waals surface area contributed by atoms with E-state index in [0.29, 0.717) is 5.92 Å². The Labute approximate surface area is 121 Å².